The van der Waals surface area contributed by atoms with Gasteiger partial charge in [0.05, 0.1) is 24.0 Å². The van der Waals surface area contributed by atoms with Gasteiger partial charge in [-0.05, 0) is 63.0 Å². The zero-order chi connectivity index (χ0) is 21.4. The third-order valence-electron chi connectivity index (χ3n) is 5.98. The van der Waals surface area contributed by atoms with Gasteiger partial charge < -0.3 is 4.74 Å². The van der Waals surface area contributed by atoms with Crippen molar-refractivity contribution in [1.29, 1.82) is 0 Å². The van der Waals surface area contributed by atoms with Crippen molar-refractivity contribution >= 4 is 21.6 Å². The van der Waals surface area contributed by atoms with E-state index in [9.17, 15) is 18.0 Å². The number of benzene rings is 1. The van der Waals surface area contributed by atoms with Crippen LogP contribution >= 0.6 is 0 Å². The minimum Gasteiger partial charge on any atom is -0.466 e. The molecule has 0 radical (unpaired) electrons. The van der Waals surface area contributed by atoms with Gasteiger partial charge in [0.2, 0.25) is 0 Å². The molecule has 1 saturated carbocycles. The Kier molecular flexibility index (Phi) is 8.87. The lowest BCUT2D eigenvalue weighted by atomic mass is 9.79. The fraction of sp³-hybridized carbons (Fsp3) is 0.652. The summed E-state index contributed by atoms with van der Waals surface area (Å²) in [5.41, 5.74) is 1.77. The second-order valence-corrected chi connectivity index (χ2v) is 10.7. The van der Waals surface area contributed by atoms with Crippen molar-refractivity contribution in [3.63, 3.8) is 0 Å². The predicted octanol–water partition coefficient (Wildman–Crippen LogP) is 3.92. The zero-order valence-electron chi connectivity index (χ0n) is 17.9. The van der Waals surface area contributed by atoms with Crippen molar-refractivity contribution in [3.05, 3.63) is 35.4 Å². The summed E-state index contributed by atoms with van der Waals surface area (Å²) in [5.74, 6) is 0.374. The molecule has 1 unspecified atom stereocenters. The SMILES string of the molecule is CCOC(=O)Cc1cccc(CC(=O)C2CCC(CS(=O)(=O)C(C)CC)CC2)c1. The average Bonchev–Trinajstić information content (AvgIpc) is 2.68. The lowest BCUT2D eigenvalue weighted by Crippen LogP contribution is -2.30. The number of carbonyl (C=O) groups excluding carboxylic acids is 2. The highest BCUT2D eigenvalue weighted by molar-refractivity contribution is 7.92. The number of rotatable bonds is 10. The van der Waals surface area contributed by atoms with Crippen LogP contribution in [0.5, 0.6) is 0 Å². The van der Waals surface area contributed by atoms with E-state index >= 15 is 0 Å². The van der Waals surface area contributed by atoms with E-state index in [0.717, 1.165) is 36.8 Å². The Bertz CT molecular complexity index is 791. The molecule has 0 bridgehead atoms. The summed E-state index contributed by atoms with van der Waals surface area (Å²) < 4.78 is 29.7. The van der Waals surface area contributed by atoms with E-state index in [1.807, 2.05) is 31.2 Å². The van der Waals surface area contributed by atoms with Crippen LogP contribution in [0.25, 0.3) is 0 Å². The first-order valence-corrected chi connectivity index (χ1v) is 12.4. The van der Waals surface area contributed by atoms with Gasteiger partial charge in [-0.2, -0.15) is 0 Å². The standard InChI is InChI=1S/C23H34O5S/c1-4-17(3)29(26,27)16-18-9-11-21(12-10-18)22(24)14-19-7-6-8-20(13-19)15-23(25)28-5-2/h6-8,13,17-18,21H,4-5,9-12,14-16H2,1-3H3. The number of sulfone groups is 1. The number of Topliss-reactive ketones (excluding diaryl/α,β-unsaturated/α-hetero) is 1. The summed E-state index contributed by atoms with van der Waals surface area (Å²) in [6.45, 7) is 5.82. The van der Waals surface area contributed by atoms with Gasteiger partial charge in [-0.15, -0.1) is 0 Å². The number of ketones is 1. The molecule has 29 heavy (non-hydrogen) atoms. The predicted molar refractivity (Wildman–Crippen MR) is 114 cm³/mol. The second kappa shape index (κ2) is 10.9. The van der Waals surface area contributed by atoms with Gasteiger partial charge in [0, 0.05) is 12.3 Å². The van der Waals surface area contributed by atoms with E-state index in [-0.39, 0.29) is 41.0 Å². The summed E-state index contributed by atoms with van der Waals surface area (Å²) in [4.78, 5) is 24.4. The normalized spacial score (nSPS) is 20.8. The summed E-state index contributed by atoms with van der Waals surface area (Å²) >= 11 is 0. The molecule has 1 aliphatic rings. The van der Waals surface area contributed by atoms with Crippen LogP contribution in [0.1, 0.15) is 64.0 Å². The Labute approximate surface area is 175 Å². The van der Waals surface area contributed by atoms with Gasteiger partial charge in [-0.25, -0.2) is 8.42 Å². The van der Waals surface area contributed by atoms with E-state index in [1.54, 1.807) is 13.8 Å². The van der Waals surface area contributed by atoms with Gasteiger partial charge in [-0.3, -0.25) is 9.59 Å². The van der Waals surface area contributed by atoms with Crippen molar-refractivity contribution in [1.82, 2.24) is 0 Å². The van der Waals surface area contributed by atoms with Crippen molar-refractivity contribution < 1.29 is 22.7 Å². The Balaban J connectivity index is 1.86. The largest absolute Gasteiger partial charge is 0.466 e. The Hall–Kier alpha value is -1.69. The minimum absolute atomic E-state index is 0.00580. The topological polar surface area (TPSA) is 77.5 Å². The average molecular weight is 423 g/mol. The third kappa shape index (κ3) is 7.25. The molecule has 0 saturated heterocycles. The van der Waals surface area contributed by atoms with Gasteiger partial charge in [0.15, 0.2) is 9.84 Å². The van der Waals surface area contributed by atoms with Crippen LogP contribution < -0.4 is 0 Å². The quantitative estimate of drug-likeness (QED) is 0.534. The van der Waals surface area contributed by atoms with Crippen LogP contribution in [-0.4, -0.2) is 37.8 Å². The fourth-order valence-corrected chi connectivity index (χ4v) is 5.80. The first-order chi connectivity index (χ1) is 13.7. The Morgan fingerprint density at radius 2 is 1.69 bits per heavy atom. The molecule has 5 nitrogen and oxygen atoms in total. The first-order valence-electron chi connectivity index (χ1n) is 10.7. The number of carbonyl (C=O) groups is 2. The lowest BCUT2D eigenvalue weighted by molar-refractivity contribution is -0.142. The van der Waals surface area contributed by atoms with Crippen molar-refractivity contribution in [3.8, 4) is 0 Å². The first kappa shape index (κ1) is 23.6. The van der Waals surface area contributed by atoms with E-state index in [4.69, 9.17) is 4.74 Å². The van der Waals surface area contributed by atoms with Crippen LogP contribution in [0.2, 0.25) is 0 Å². The Morgan fingerprint density at radius 1 is 1.07 bits per heavy atom. The number of ether oxygens (including phenoxy) is 1. The van der Waals surface area contributed by atoms with Crippen LogP contribution in [0.4, 0.5) is 0 Å². The lowest BCUT2D eigenvalue weighted by Gasteiger charge is -2.28. The van der Waals surface area contributed by atoms with Crippen molar-refractivity contribution in [2.24, 2.45) is 11.8 Å². The van der Waals surface area contributed by atoms with E-state index in [2.05, 4.69) is 0 Å². The molecular weight excluding hydrogens is 388 g/mol. The van der Waals surface area contributed by atoms with Gasteiger partial charge in [-0.1, -0.05) is 31.2 Å². The second-order valence-electron chi connectivity index (χ2n) is 8.21. The molecule has 0 aliphatic heterocycles. The molecule has 1 aromatic carbocycles. The van der Waals surface area contributed by atoms with Gasteiger partial charge in [0.25, 0.3) is 0 Å². The highest BCUT2D eigenvalue weighted by atomic mass is 32.2. The van der Waals surface area contributed by atoms with E-state index < -0.39 is 9.84 Å². The summed E-state index contributed by atoms with van der Waals surface area (Å²) in [6.07, 6.45) is 4.35. The molecule has 1 aromatic rings. The third-order valence-corrected chi connectivity index (χ3v) is 8.48. The van der Waals surface area contributed by atoms with Gasteiger partial charge >= 0.3 is 5.97 Å². The maximum atomic E-state index is 12.7. The van der Waals surface area contributed by atoms with E-state index in [1.165, 1.54) is 0 Å². The van der Waals surface area contributed by atoms with Crippen molar-refractivity contribution in [2.45, 2.75) is 71.0 Å². The number of hydrogen-bond donors (Lipinski definition) is 0. The van der Waals surface area contributed by atoms with Crippen LogP contribution in [-0.2, 0) is 37.0 Å². The highest BCUT2D eigenvalue weighted by Crippen LogP contribution is 2.32. The van der Waals surface area contributed by atoms with Crippen LogP contribution in [0.3, 0.4) is 0 Å². The van der Waals surface area contributed by atoms with Crippen LogP contribution in [0, 0.1) is 11.8 Å². The van der Waals surface area contributed by atoms with Crippen molar-refractivity contribution in [2.75, 3.05) is 12.4 Å². The van der Waals surface area contributed by atoms with Gasteiger partial charge in [0.1, 0.15) is 5.78 Å². The highest BCUT2D eigenvalue weighted by Gasteiger charge is 2.30. The maximum absolute atomic E-state index is 12.7. The molecule has 162 valence electrons. The molecule has 0 spiro atoms. The summed E-state index contributed by atoms with van der Waals surface area (Å²) in [5, 5.41) is -0.288. The van der Waals surface area contributed by atoms with Crippen LogP contribution in [0.15, 0.2) is 24.3 Å². The minimum atomic E-state index is -3.04. The molecular formula is C23H34O5S. The molecule has 0 N–H and O–H groups in total. The fourth-order valence-electron chi connectivity index (χ4n) is 3.97. The molecule has 1 fully saturated rings. The smallest absolute Gasteiger partial charge is 0.310 e. The summed E-state index contributed by atoms with van der Waals surface area (Å²) in [7, 11) is -3.04. The summed E-state index contributed by atoms with van der Waals surface area (Å²) in [6, 6.07) is 7.55. The molecule has 2 rings (SSSR count). The number of esters is 1. The monoisotopic (exact) mass is 422 g/mol. The molecule has 1 atom stereocenters. The Morgan fingerprint density at radius 3 is 2.28 bits per heavy atom. The maximum Gasteiger partial charge on any atom is 0.310 e. The van der Waals surface area contributed by atoms with E-state index in [0.29, 0.717) is 19.4 Å². The molecule has 0 amide bonds. The molecule has 0 heterocycles. The molecule has 6 heteroatoms. The number of hydrogen-bond acceptors (Lipinski definition) is 5. The molecule has 1 aliphatic carbocycles. The zero-order valence-corrected chi connectivity index (χ0v) is 18.7. The molecule has 0 aromatic heterocycles.